The van der Waals surface area contributed by atoms with Gasteiger partial charge in [-0.2, -0.15) is 0 Å². The molecule has 0 unspecified atom stereocenters. The van der Waals surface area contributed by atoms with E-state index in [4.69, 9.17) is 16.3 Å². The molecule has 0 aromatic heterocycles. The number of nitrogens with zero attached hydrogens (tertiary/aromatic N) is 1. The fraction of sp³-hybridized carbons (Fsp3) is 0.600. The van der Waals surface area contributed by atoms with Crippen LogP contribution in [0.4, 0.5) is 0 Å². The molecule has 0 amide bonds. The van der Waals surface area contributed by atoms with Crippen molar-refractivity contribution in [1.82, 2.24) is 4.90 Å². The van der Waals surface area contributed by atoms with E-state index >= 15 is 0 Å². The molecule has 0 aromatic carbocycles. The Morgan fingerprint density at radius 1 is 2.00 bits per heavy atom. The Bertz CT molecular complexity index is 113. The summed E-state index contributed by atoms with van der Waals surface area (Å²) in [6, 6.07) is 0.516. The van der Waals surface area contributed by atoms with Crippen molar-refractivity contribution >= 4 is 11.6 Å². The quantitative estimate of drug-likeness (QED) is 0.395. The third-order valence-electron chi connectivity index (χ3n) is 1.13. The van der Waals surface area contributed by atoms with E-state index in [0.29, 0.717) is 12.7 Å². The molecule has 8 heavy (non-hydrogen) atoms. The average molecular weight is 134 g/mol. The number of hydrogen-bond acceptors (Lipinski definition) is 2. The molecule has 1 aliphatic heterocycles. The zero-order valence-electron chi connectivity index (χ0n) is 4.72. The molecule has 0 aliphatic carbocycles. The smallest absolute Gasteiger partial charge is 0.161 e. The minimum Gasteiger partial charge on any atom is -0.479 e. The highest BCUT2D eigenvalue weighted by molar-refractivity contribution is 6.17. The van der Waals surface area contributed by atoms with Crippen LogP contribution in [0, 0.1) is 0 Å². The topological polar surface area (TPSA) is 12.5 Å². The van der Waals surface area contributed by atoms with Crippen LogP contribution in [0.2, 0.25) is 0 Å². The van der Waals surface area contributed by atoms with Gasteiger partial charge in [0.05, 0.1) is 6.00 Å². The van der Waals surface area contributed by atoms with E-state index < -0.39 is 0 Å². The van der Waals surface area contributed by atoms with E-state index in [9.17, 15) is 0 Å². The maximum atomic E-state index is 5.51. The predicted octanol–water partition coefficient (Wildman–Crippen LogP) is 1.33. The number of ether oxygens (including phenoxy) is 1. The minimum absolute atomic E-state index is 0.516. The van der Waals surface area contributed by atoms with Gasteiger partial charge < -0.3 is 9.64 Å². The maximum Gasteiger partial charge on any atom is 0.161 e. The molecule has 0 aromatic rings. The highest BCUT2D eigenvalue weighted by atomic mass is 35.5. The van der Waals surface area contributed by atoms with Gasteiger partial charge in [0.2, 0.25) is 0 Å². The van der Waals surface area contributed by atoms with E-state index in [-0.39, 0.29) is 0 Å². The van der Waals surface area contributed by atoms with E-state index in [0.717, 1.165) is 5.70 Å². The lowest BCUT2D eigenvalue weighted by molar-refractivity contribution is 0.182. The molecule has 0 fully saturated rings. The van der Waals surface area contributed by atoms with Gasteiger partial charge in [-0.05, 0) is 6.92 Å². The number of halogens is 1. The molecular formula is C5H8ClNO. The lowest BCUT2D eigenvalue weighted by Crippen LogP contribution is -2.16. The molecule has 46 valence electrons. The molecule has 0 spiro atoms. The summed E-state index contributed by atoms with van der Waals surface area (Å²) < 4.78 is 4.94. The Balaban J connectivity index is 2.46. The van der Waals surface area contributed by atoms with Crippen molar-refractivity contribution in [3.8, 4) is 0 Å². The first-order valence-electron chi connectivity index (χ1n) is 2.44. The van der Waals surface area contributed by atoms with Gasteiger partial charge in [-0.15, -0.1) is 11.6 Å². The van der Waals surface area contributed by atoms with Gasteiger partial charge in [-0.3, -0.25) is 0 Å². The molecule has 3 heteroatoms. The molecular weight excluding hydrogens is 126 g/mol. The standard InChI is InChI=1S/C5H8ClNO/c1-5-2-8-4-7(5)3-6/h2H,3-4H2,1H3. The van der Waals surface area contributed by atoms with Crippen molar-refractivity contribution in [2.45, 2.75) is 6.92 Å². The first-order valence-corrected chi connectivity index (χ1v) is 2.97. The van der Waals surface area contributed by atoms with Crippen LogP contribution in [-0.2, 0) is 4.74 Å². The first-order chi connectivity index (χ1) is 3.84. The predicted molar refractivity (Wildman–Crippen MR) is 32.3 cm³/mol. The van der Waals surface area contributed by atoms with Gasteiger partial charge >= 0.3 is 0 Å². The van der Waals surface area contributed by atoms with Gasteiger partial charge in [0.25, 0.3) is 0 Å². The van der Waals surface area contributed by atoms with Gasteiger partial charge in [0.15, 0.2) is 6.73 Å². The van der Waals surface area contributed by atoms with Crippen LogP contribution in [0.25, 0.3) is 0 Å². The molecule has 1 heterocycles. The number of rotatable bonds is 1. The summed E-state index contributed by atoms with van der Waals surface area (Å²) in [5.74, 6) is 0. The van der Waals surface area contributed by atoms with Crippen molar-refractivity contribution < 1.29 is 4.74 Å². The fourth-order valence-electron chi connectivity index (χ4n) is 0.553. The summed E-state index contributed by atoms with van der Waals surface area (Å²) >= 11 is 5.51. The van der Waals surface area contributed by atoms with Crippen molar-refractivity contribution in [3.05, 3.63) is 12.0 Å². The molecule has 1 rings (SSSR count). The van der Waals surface area contributed by atoms with Crippen molar-refractivity contribution in [2.75, 3.05) is 12.7 Å². The normalized spacial score (nSPS) is 18.2. The SMILES string of the molecule is CC1=COCN1CCl. The summed E-state index contributed by atoms with van der Waals surface area (Å²) in [4.78, 5) is 1.93. The van der Waals surface area contributed by atoms with E-state index in [1.165, 1.54) is 0 Å². The molecule has 0 N–H and O–H groups in total. The average Bonchev–Trinajstić information content (AvgIpc) is 2.14. The van der Waals surface area contributed by atoms with Crippen molar-refractivity contribution in [2.24, 2.45) is 0 Å². The second-order valence-electron chi connectivity index (χ2n) is 1.71. The van der Waals surface area contributed by atoms with E-state index in [2.05, 4.69) is 0 Å². The minimum atomic E-state index is 0.516. The summed E-state index contributed by atoms with van der Waals surface area (Å²) in [6.07, 6.45) is 1.71. The van der Waals surface area contributed by atoms with Crippen molar-refractivity contribution in [3.63, 3.8) is 0 Å². The lowest BCUT2D eigenvalue weighted by Gasteiger charge is -2.11. The Morgan fingerprint density at radius 2 is 2.75 bits per heavy atom. The molecule has 0 saturated carbocycles. The Hall–Kier alpha value is -0.370. The number of alkyl halides is 1. The van der Waals surface area contributed by atoms with Crippen LogP contribution in [-0.4, -0.2) is 17.6 Å². The lowest BCUT2D eigenvalue weighted by atomic mass is 10.5. The second-order valence-corrected chi connectivity index (χ2v) is 1.95. The third-order valence-corrected chi connectivity index (χ3v) is 1.42. The summed E-state index contributed by atoms with van der Waals surface area (Å²) in [5, 5.41) is 0. The summed E-state index contributed by atoms with van der Waals surface area (Å²) in [7, 11) is 0. The summed E-state index contributed by atoms with van der Waals surface area (Å²) in [5.41, 5.74) is 1.10. The van der Waals surface area contributed by atoms with Crippen LogP contribution in [0.5, 0.6) is 0 Å². The third kappa shape index (κ3) is 0.892. The van der Waals surface area contributed by atoms with E-state index in [1.807, 2.05) is 11.8 Å². The first kappa shape index (κ1) is 5.76. The van der Waals surface area contributed by atoms with Gasteiger partial charge in [0, 0.05) is 5.70 Å². The van der Waals surface area contributed by atoms with Crippen LogP contribution in [0.15, 0.2) is 12.0 Å². The van der Waals surface area contributed by atoms with Crippen LogP contribution in [0.1, 0.15) is 6.92 Å². The van der Waals surface area contributed by atoms with E-state index in [1.54, 1.807) is 6.26 Å². The van der Waals surface area contributed by atoms with Crippen LogP contribution >= 0.6 is 11.6 Å². The fourth-order valence-corrected chi connectivity index (χ4v) is 0.810. The van der Waals surface area contributed by atoms with Gasteiger partial charge in [-0.25, -0.2) is 0 Å². The molecule has 1 aliphatic rings. The van der Waals surface area contributed by atoms with Crippen LogP contribution in [0.3, 0.4) is 0 Å². The Morgan fingerprint density at radius 3 is 3.00 bits per heavy atom. The van der Waals surface area contributed by atoms with Gasteiger partial charge in [0.1, 0.15) is 6.26 Å². The molecule has 0 bridgehead atoms. The zero-order chi connectivity index (χ0) is 5.98. The number of allylic oxidation sites excluding steroid dienone is 1. The maximum absolute atomic E-state index is 5.51. The summed E-state index contributed by atoms with van der Waals surface area (Å²) in [6.45, 7) is 2.57. The van der Waals surface area contributed by atoms with Crippen LogP contribution < -0.4 is 0 Å². The highest BCUT2D eigenvalue weighted by Crippen LogP contribution is 2.10. The monoisotopic (exact) mass is 133 g/mol. The van der Waals surface area contributed by atoms with Gasteiger partial charge in [-0.1, -0.05) is 0 Å². The number of hydrogen-bond donors (Lipinski definition) is 0. The largest absolute Gasteiger partial charge is 0.479 e. The highest BCUT2D eigenvalue weighted by Gasteiger charge is 2.08. The van der Waals surface area contributed by atoms with Crippen molar-refractivity contribution in [1.29, 1.82) is 0 Å². The molecule has 0 saturated heterocycles. The molecule has 2 nitrogen and oxygen atoms in total. The molecule has 0 atom stereocenters. The molecule has 0 radical (unpaired) electrons. The zero-order valence-corrected chi connectivity index (χ0v) is 5.48. The Labute approximate surface area is 53.7 Å². The second kappa shape index (κ2) is 2.27. The Kier molecular flexibility index (Phi) is 1.63.